The Kier molecular flexibility index (Phi) is 5.17. The third kappa shape index (κ3) is 3.60. The molecule has 1 amide bonds. The molecule has 1 aliphatic rings. The maximum atomic E-state index is 12.7. The fraction of sp³-hybridized carbons (Fsp3) is 0.368. The highest BCUT2D eigenvalue weighted by atomic mass is 35.5. The Balaban J connectivity index is 1.73. The molecule has 0 radical (unpaired) electrons. The van der Waals surface area contributed by atoms with Crippen molar-refractivity contribution in [3.05, 3.63) is 53.2 Å². The lowest BCUT2D eigenvalue weighted by Crippen LogP contribution is -2.44. The Labute approximate surface area is 148 Å². The SMILES string of the molecule is CN1CCC(N(C)C(=O)c2ccc(-c3ncccc3Cl)cc2)CC1. The van der Waals surface area contributed by atoms with E-state index in [0.717, 1.165) is 37.2 Å². The largest absolute Gasteiger partial charge is 0.339 e. The number of benzene rings is 1. The van der Waals surface area contributed by atoms with Gasteiger partial charge in [0.05, 0.1) is 10.7 Å². The van der Waals surface area contributed by atoms with Crippen LogP contribution in [0.3, 0.4) is 0 Å². The second-order valence-corrected chi connectivity index (χ2v) is 6.77. The fourth-order valence-corrected chi connectivity index (χ4v) is 3.35. The summed E-state index contributed by atoms with van der Waals surface area (Å²) in [6.45, 7) is 2.08. The molecule has 0 atom stereocenters. The van der Waals surface area contributed by atoms with Crippen LogP contribution < -0.4 is 0 Å². The first-order chi connectivity index (χ1) is 11.6. The molecule has 5 heteroatoms. The van der Waals surface area contributed by atoms with Gasteiger partial charge in [0.15, 0.2) is 0 Å². The number of hydrogen-bond acceptors (Lipinski definition) is 3. The zero-order chi connectivity index (χ0) is 17.1. The molecule has 0 bridgehead atoms. The van der Waals surface area contributed by atoms with Gasteiger partial charge in [-0.15, -0.1) is 0 Å². The van der Waals surface area contributed by atoms with Crippen molar-refractivity contribution in [2.75, 3.05) is 27.2 Å². The number of rotatable bonds is 3. The molecule has 2 heterocycles. The average Bonchev–Trinajstić information content (AvgIpc) is 2.62. The third-order valence-corrected chi connectivity index (χ3v) is 5.02. The Bertz CT molecular complexity index is 709. The number of likely N-dealkylation sites (tertiary alicyclic amines) is 1. The molecular formula is C19H22ClN3O. The van der Waals surface area contributed by atoms with Gasteiger partial charge in [0.2, 0.25) is 0 Å². The maximum Gasteiger partial charge on any atom is 0.253 e. The Morgan fingerprint density at radius 2 is 1.88 bits per heavy atom. The number of carbonyl (C=O) groups is 1. The summed E-state index contributed by atoms with van der Waals surface area (Å²) in [6.07, 6.45) is 3.77. The molecule has 1 aliphatic heterocycles. The minimum absolute atomic E-state index is 0.0724. The zero-order valence-corrected chi connectivity index (χ0v) is 14.8. The summed E-state index contributed by atoms with van der Waals surface area (Å²) in [5.41, 5.74) is 2.35. The van der Waals surface area contributed by atoms with Crippen molar-refractivity contribution in [2.24, 2.45) is 0 Å². The molecule has 24 heavy (non-hydrogen) atoms. The van der Waals surface area contributed by atoms with Crippen molar-refractivity contribution in [2.45, 2.75) is 18.9 Å². The van der Waals surface area contributed by atoms with E-state index < -0.39 is 0 Å². The van der Waals surface area contributed by atoms with Gasteiger partial charge < -0.3 is 9.80 Å². The number of aromatic nitrogens is 1. The monoisotopic (exact) mass is 343 g/mol. The van der Waals surface area contributed by atoms with E-state index in [4.69, 9.17) is 11.6 Å². The van der Waals surface area contributed by atoms with Gasteiger partial charge in [0.1, 0.15) is 0 Å². The van der Waals surface area contributed by atoms with Crippen LogP contribution in [0.1, 0.15) is 23.2 Å². The van der Waals surface area contributed by atoms with Crippen LogP contribution in [0.4, 0.5) is 0 Å². The molecule has 1 saturated heterocycles. The van der Waals surface area contributed by atoms with Crippen LogP contribution in [0, 0.1) is 0 Å². The van der Waals surface area contributed by atoms with Crippen LogP contribution >= 0.6 is 11.6 Å². The first-order valence-corrected chi connectivity index (χ1v) is 8.60. The highest BCUT2D eigenvalue weighted by molar-refractivity contribution is 6.33. The molecule has 0 N–H and O–H groups in total. The second kappa shape index (κ2) is 7.32. The van der Waals surface area contributed by atoms with Crippen molar-refractivity contribution < 1.29 is 4.79 Å². The average molecular weight is 344 g/mol. The molecule has 1 aromatic heterocycles. The molecule has 2 aromatic rings. The predicted octanol–water partition coefficient (Wildman–Crippen LogP) is 3.57. The van der Waals surface area contributed by atoms with Crippen molar-refractivity contribution in [3.63, 3.8) is 0 Å². The van der Waals surface area contributed by atoms with Gasteiger partial charge in [-0.3, -0.25) is 9.78 Å². The van der Waals surface area contributed by atoms with Gasteiger partial charge in [0.25, 0.3) is 5.91 Å². The maximum absolute atomic E-state index is 12.7. The molecule has 0 aliphatic carbocycles. The number of halogens is 1. The minimum Gasteiger partial charge on any atom is -0.339 e. The van der Waals surface area contributed by atoms with Gasteiger partial charge in [-0.1, -0.05) is 23.7 Å². The molecular weight excluding hydrogens is 322 g/mol. The lowest BCUT2D eigenvalue weighted by atomic mass is 10.0. The molecule has 4 nitrogen and oxygen atoms in total. The van der Waals surface area contributed by atoms with E-state index in [9.17, 15) is 4.79 Å². The summed E-state index contributed by atoms with van der Waals surface area (Å²) in [5.74, 6) is 0.0724. The zero-order valence-electron chi connectivity index (χ0n) is 14.1. The number of carbonyl (C=O) groups excluding carboxylic acids is 1. The fourth-order valence-electron chi connectivity index (χ4n) is 3.12. The van der Waals surface area contributed by atoms with E-state index in [0.29, 0.717) is 16.6 Å². The number of amides is 1. The number of pyridine rings is 1. The van der Waals surface area contributed by atoms with Crippen LogP contribution in [-0.2, 0) is 0 Å². The Hall–Kier alpha value is -1.91. The van der Waals surface area contributed by atoms with Gasteiger partial charge in [-0.05, 0) is 57.2 Å². The number of piperidine rings is 1. The van der Waals surface area contributed by atoms with Crippen molar-refractivity contribution in [1.82, 2.24) is 14.8 Å². The van der Waals surface area contributed by atoms with Crippen LogP contribution in [0.15, 0.2) is 42.6 Å². The molecule has 0 unspecified atom stereocenters. The van der Waals surface area contributed by atoms with Crippen LogP contribution in [0.5, 0.6) is 0 Å². The third-order valence-electron chi connectivity index (χ3n) is 4.72. The topological polar surface area (TPSA) is 36.4 Å². The van der Waals surface area contributed by atoms with Gasteiger partial charge >= 0.3 is 0 Å². The quantitative estimate of drug-likeness (QED) is 0.854. The summed E-state index contributed by atoms with van der Waals surface area (Å²) in [5, 5.41) is 0.611. The summed E-state index contributed by atoms with van der Waals surface area (Å²) >= 11 is 6.18. The van der Waals surface area contributed by atoms with E-state index in [-0.39, 0.29) is 5.91 Å². The summed E-state index contributed by atoms with van der Waals surface area (Å²) in [7, 11) is 4.03. The highest BCUT2D eigenvalue weighted by Crippen LogP contribution is 2.25. The van der Waals surface area contributed by atoms with Gasteiger partial charge in [-0.2, -0.15) is 0 Å². The molecule has 0 saturated carbocycles. The summed E-state index contributed by atoms with van der Waals surface area (Å²) in [6, 6.07) is 11.5. The first-order valence-electron chi connectivity index (χ1n) is 8.23. The molecule has 1 fully saturated rings. The van der Waals surface area contributed by atoms with E-state index in [1.54, 1.807) is 12.3 Å². The minimum atomic E-state index is 0.0724. The van der Waals surface area contributed by atoms with Crippen molar-refractivity contribution >= 4 is 17.5 Å². The first kappa shape index (κ1) is 16.9. The van der Waals surface area contributed by atoms with Gasteiger partial charge in [0, 0.05) is 30.4 Å². The molecule has 1 aromatic carbocycles. The summed E-state index contributed by atoms with van der Waals surface area (Å²) in [4.78, 5) is 21.2. The number of hydrogen-bond donors (Lipinski definition) is 0. The Morgan fingerprint density at radius 3 is 2.50 bits per heavy atom. The second-order valence-electron chi connectivity index (χ2n) is 6.36. The predicted molar refractivity (Wildman–Crippen MR) is 97.3 cm³/mol. The van der Waals surface area contributed by atoms with Crippen molar-refractivity contribution in [3.8, 4) is 11.3 Å². The normalized spacial score (nSPS) is 16.1. The van der Waals surface area contributed by atoms with Crippen LogP contribution in [0.25, 0.3) is 11.3 Å². The lowest BCUT2D eigenvalue weighted by molar-refractivity contribution is 0.0659. The van der Waals surface area contributed by atoms with E-state index in [2.05, 4.69) is 16.9 Å². The van der Waals surface area contributed by atoms with Crippen LogP contribution in [0.2, 0.25) is 5.02 Å². The van der Waals surface area contributed by atoms with E-state index in [1.807, 2.05) is 42.3 Å². The van der Waals surface area contributed by atoms with E-state index in [1.165, 1.54) is 0 Å². The summed E-state index contributed by atoms with van der Waals surface area (Å²) < 4.78 is 0. The highest BCUT2D eigenvalue weighted by Gasteiger charge is 2.24. The lowest BCUT2D eigenvalue weighted by Gasteiger charge is -2.35. The molecule has 3 rings (SSSR count). The number of nitrogens with zero attached hydrogens (tertiary/aromatic N) is 3. The smallest absolute Gasteiger partial charge is 0.253 e. The standard InChI is InChI=1S/C19H22ClN3O/c1-22-12-9-16(10-13-22)23(2)19(24)15-7-5-14(6-8-15)18-17(20)4-3-11-21-18/h3-8,11,16H,9-10,12-13H2,1-2H3. The Morgan fingerprint density at radius 1 is 1.21 bits per heavy atom. The molecule has 0 spiro atoms. The van der Waals surface area contributed by atoms with Gasteiger partial charge in [-0.25, -0.2) is 0 Å². The van der Waals surface area contributed by atoms with Crippen molar-refractivity contribution in [1.29, 1.82) is 0 Å². The van der Waals surface area contributed by atoms with Crippen LogP contribution in [-0.4, -0.2) is 53.9 Å². The van der Waals surface area contributed by atoms with E-state index >= 15 is 0 Å². The molecule has 126 valence electrons.